The Labute approximate surface area is 158 Å². The summed E-state index contributed by atoms with van der Waals surface area (Å²) in [5.41, 5.74) is 1.68. The molecular formula is C19H21FN2O4S. The van der Waals surface area contributed by atoms with E-state index in [0.717, 1.165) is 24.1 Å². The number of rotatable bonds is 5. The number of amides is 1. The summed E-state index contributed by atoms with van der Waals surface area (Å²) in [5.74, 6) is -1.37. The average Bonchev–Trinajstić information content (AvgIpc) is 2.69. The minimum Gasteiger partial charge on any atom is -0.379 e. The molecule has 0 aliphatic carbocycles. The van der Waals surface area contributed by atoms with E-state index in [4.69, 9.17) is 4.74 Å². The zero-order chi connectivity index (χ0) is 19.4. The Balaban J connectivity index is 1.89. The molecule has 1 fully saturated rings. The number of hydrogen-bond acceptors (Lipinski definition) is 4. The van der Waals surface area contributed by atoms with Gasteiger partial charge in [0.2, 0.25) is 10.0 Å². The second kappa shape index (κ2) is 8.16. The van der Waals surface area contributed by atoms with Crippen LogP contribution in [0.2, 0.25) is 0 Å². The number of anilines is 1. The highest BCUT2D eigenvalue weighted by Crippen LogP contribution is 2.23. The predicted molar refractivity (Wildman–Crippen MR) is 99.8 cm³/mol. The third kappa shape index (κ3) is 4.18. The molecule has 1 aliphatic rings. The van der Waals surface area contributed by atoms with E-state index < -0.39 is 26.6 Å². The van der Waals surface area contributed by atoms with Crippen LogP contribution in [0.15, 0.2) is 47.4 Å². The number of ether oxygens (including phenoxy) is 1. The number of morpholine rings is 1. The third-order valence-electron chi connectivity index (χ3n) is 4.43. The lowest BCUT2D eigenvalue weighted by Gasteiger charge is -2.26. The van der Waals surface area contributed by atoms with Gasteiger partial charge in [-0.1, -0.05) is 25.1 Å². The monoisotopic (exact) mass is 392 g/mol. The van der Waals surface area contributed by atoms with Crippen molar-refractivity contribution in [3.05, 3.63) is 59.4 Å². The van der Waals surface area contributed by atoms with Crippen LogP contribution in [0.5, 0.6) is 0 Å². The lowest BCUT2D eigenvalue weighted by Crippen LogP contribution is -2.41. The zero-order valence-electron chi connectivity index (χ0n) is 14.9. The Kier molecular flexibility index (Phi) is 5.88. The van der Waals surface area contributed by atoms with Gasteiger partial charge in [0.15, 0.2) is 0 Å². The minimum absolute atomic E-state index is 0.0779. The summed E-state index contributed by atoms with van der Waals surface area (Å²) >= 11 is 0. The molecule has 0 radical (unpaired) electrons. The van der Waals surface area contributed by atoms with Crippen molar-refractivity contribution in [2.75, 3.05) is 31.6 Å². The number of nitrogens with zero attached hydrogens (tertiary/aromatic N) is 1. The molecule has 0 spiro atoms. The quantitative estimate of drug-likeness (QED) is 0.849. The Bertz CT molecular complexity index is 940. The van der Waals surface area contributed by atoms with Gasteiger partial charge in [0.1, 0.15) is 10.7 Å². The molecule has 0 unspecified atom stereocenters. The van der Waals surface area contributed by atoms with Gasteiger partial charge in [-0.15, -0.1) is 0 Å². The van der Waals surface area contributed by atoms with Crippen LogP contribution in [0.25, 0.3) is 0 Å². The molecule has 3 rings (SSSR count). The Morgan fingerprint density at radius 3 is 2.59 bits per heavy atom. The fourth-order valence-electron chi connectivity index (χ4n) is 2.91. The first-order valence-corrected chi connectivity index (χ1v) is 10.1. The normalized spacial score (nSPS) is 15.5. The van der Waals surface area contributed by atoms with Crippen molar-refractivity contribution in [1.29, 1.82) is 0 Å². The van der Waals surface area contributed by atoms with E-state index in [1.165, 1.54) is 10.4 Å². The van der Waals surface area contributed by atoms with Gasteiger partial charge in [-0.25, -0.2) is 12.8 Å². The summed E-state index contributed by atoms with van der Waals surface area (Å²) in [7, 11) is -4.04. The van der Waals surface area contributed by atoms with Crippen LogP contribution in [0.4, 0.5) is 10.1 Å². The maximum atomic E-state index is 14.3. The minimum atomic E-state index is -4.04. The molecule has 2 aromatic rings. The number of benzene rings is 2. The van der Waals surface area contributed by atoms with Gasteiger partial charge >= 0.3 is 0 Å². The first-order valence-electron chi connectivity index (χ1n) is 8.70. The fraction of sp³-hybridized carbons (Fsp3) is 0.316. The molecule has 8 heteroatoms. The lowest BCUT2D eigenvalue weighted by molar-refractivity contribution is 0.0729. The van der Waals surface area contributed by atoms with Gasteiger partial charge in [-0.3, -0.25) is 4.79 Å². The highest BCUT2D eigenvalue weighted by atomic mass is 32.2. The molecular weight excluding hydrogens is 371 g/mol. The smallest absolute Gasteiger partial charge is 0.255 e. The van der Waals surface area contributed by atoms with Crippen molar-refractivity contribution in [3.8, 4) is 0 Å². The molecule has 1 heterocycles. The lowest BCUT2D eigenvalue weighted by atomic mass is 10.1. The molecule has 0 saturated carbocycles. The van der Waals surface area contributed by atoms with Gasteiger partial charge < -0.3 is 10.1 Å². The largest absolute Gasteiger partial charge is 0.379 e. The summed E-state index contributed by atoms with van der Waals surface area (Å²) in [4.78, 5) is 12.1. The summed E-state index contributed by atoms with van der Waals surface area (Å²) < 4.78 is 46.1. The molecule has 1 aliphatic heterocycles. The van der Waals surface area contributed by atoms with Crippen molar-refractivity contribution in [3.63, 3.8) is 0 Å². The molecule has 1 N–H and O–H groups in total. The standard InChI is InChI=1S/C19H21FN2O4S/c1-2-14-5-3-4-6-17(14)21-19(23)15-7-8-16(20)18(13-15)27(24,25)22-9-11-26-12-10-22/h3-8,13H,2,9-12H2,1H3,(H,21,23). The number of carbonyl (C=O) groups is 1. The average molecular weight is 392 g/mol. The van der Waals surface area contributed by atoms with Crippen LogP contribution >= 0.6 is 0 Å². The van der Waals surface area contributed by atoms with Crippen molar-refractivity contribution in [2.24, 2.45) is 0 Å². The van der Waals surface area contributed by atoms with E-state index in [1.54, 1.807) is 12.1 Å². The predicted octanol–water partition coefficient (Wildman–Crippen LogP) is 2.66. The van der Waals surface area contributed by atoms with Crippen LogP contribution in [0.3, 0.4) is 0 Å². The van der Waals surface area contributed by atoms with Gasteiger partial charge in [0.25, 0.3) is 5.91 Å². The van der Waals surface area contributed by atoms with Crippen LogP contribution < -0.4 is 5.32 Å². The van der Waals surface area contributed by atoms with E-state index >= 15 is 0 Å². The van der Waals surface area contributed by atoms with Crippen molar-refractivity contribution in [2.45, 2.75) is 18.2 Å². The molecule has 0 atom stereocenters. The van der Waals surface area contributed by atoms with E-state index in [2.05, 4.69) is 5.32 Å². The first-order chi connectivity index (χ1) is 12.9. The Hall–Kier alpha value is -2.29. The molecule has 0 aromatic heterocycles. The summed E-state index contributed by atoms with van der Waals surface area (Å²) in [6.45, 7) is 2.80. The van der Waals surface area contributed by atoms with Crippen molar-refractivity contribution in [1.82, 2.24) is 4.31 Å². The fourth-order valence-corrected chi connectivity index (χ4v) is 4.41. The number of para-hydroxylation sites is 1. The second-order valence-corrected chi connectivity index (χ2v) is 8.03. The highest BCUT2D eigenvalue weighted by Gasteiger charge is 2.29. The SMILES string of the molecule is CCc1ccccc1NC(=O)c1ccc(F)c(S(=O)(=O)N2CCOCC2)c1. The van der Waals surface area contributed by atoms with Crippen LogP contribution in [0.1, 0.15) is 22.8 Å². The zero-order valence-corrected chi connectivity index (χ0v) is 15.8. The number of carbonyl (C=O) groups excluding carboxylic acids is 1. The maximum absolute atomic E-state index is 14.3. The Morgan fingerprint density at radius 2 is 1.89 bits per heavy atom. The number of hydrogen-bond donors (Lipinski definition) is 1. The van der Waals surface area contributed by atoms with E-state index in [1.807, 2.05) is 19.1 Å². The third-order valence-corrected chi connectivity index (χ3v) is 6.34. The molecule has 144 valence electrons. The second-order valence-electron chi connectivity index (χ2n) is 6.13. The van der Waals surface area contributed by atoms with Gasteiger partial charge in [0, 0.05) is 24.3 Å². The number of aryl methyl sites for hydroxylation is 1. The van der Waals surface area contributed by atoms with Gasteiger partial charge in [-0.05, 0) is 36.2 Å². The number of halogens is 1. The summed E-state index contributed by atoms with van der Waals surface area (Å²) in [5, 5.41) is 2.77. The van der Waals surface area contributed by atoms with Gasteiger partial charge in [0.05, 0.1) is 13.2 Å². The molecule has 1 amide bonds. The molecule has 2 aromatic carbocycles. The summed E-state index contributed by atoms with van der Waals surface area (Å²) in [6, 6.07) is 10.7. The van der Waals surface area contributed by atoms with E-state index in [-0.39, 0.29) is 31.9 Å². The van der Waals surface area contributed by atoms with Gasteiger partial charge in [-0.2, -0.15) is 4.31 Å². The van der Waals surface area contributed by atoms with Crippen LogP contribution in [-0.2, 0) is 21.2 Å². The molecule has 1 saturated heterocycles. The van der Waals surface area contributed by atoms with Crippen molar-refractivity contribution < 1.29 is 22.3 Å². The van der Waals surface area contributed by atoms with Crippen LogP contribution in [0, 0.1) is 5.82 Å². The number of sulfonamides is 1. The summed E-state index contributed by atoms with van der Waals surface area (Å²) in [6.07, 6.45) is 0.733. The highest BCUT2D eigenvalue weighted by molar-refractivity contribution is 7.89. The number of nitrogens with one attached hydrogen (secondary N) is 1. The molecule has 27 heavy (non-hydrogen) atoms. The van der Waals surface area contributed by atoms with E-state index in [9.17, 15) is 17.6 Å². The maximum Gasteiger partial charge on any atom is 0.255 e. The topological polar surface area (TPSA) is 75.7 Å². The first kappa shape index (κ1) is 19.5. The molecule has 6 nitrogen and oxygen atoms in total. The van der Waals surface area contributed by atoms with E-state index in [0.29, 0.717) is 5.69 Å². The van der Waals surface area contributed by atoms with Crippen molar-refractivity contribution >= 4 is 21.6 Å². The van der Waals surface area contributed by atoms with Crippen LogP contribution in [-0.4, -0.2) is 44.9 Å². The Morgan fingerprint density at radius 1 is 1.19 bits per heavy atom. The molecule has 0 bridgehead atoms.